The topological polar surface area (TPSA) is 72.6 Å². The molecule has 0 amide bonds. The van der Waals surface area contributed by atoms with Gasteiger partial charge in [0, 0.05) is 31.1 Å². The number of piperidine rings is 1. The average molecular weight is 395 g/mol. The maximum atomic E-state index is 12.9. The van der Waals surface area contributed by atoms with Crippen LogP contribution in [0, 0.1) is 5.92 Å². The summed E-state index contributed by atoms with van der Waals surface area (Å²) in [7, 11) is -3.52. The lowest BCUT2D eigenvalue weighted by atomic mass is 9.92. The smallest absolute Gasteiger partial charge is 0.243 e. The Morgan fingerprint density at radius 2 is 1.96 bits per heavy atom. The van der Waals surface area contributed by atoms with Crippen LogP contribution in [-0.2, 0) is 16.4 Å². The van der Waals surface area contributed by atoms with Crippen LogP contribution < -0.4 is 10.5 Å². The molecular formula is C16H24Cl2N2O3S. The van der Waals surface area contributed by atoms with E-state index in [1.807, 2.05) is 13.8 Å². The van der Waals surface area contributed by atoms with Crippen molar-refractivity contribution in [2.45, 2.75) is 50.2 Å². The minimum absolute atomic E-state index is 0. The van der Waals surface area contributed by atoms with Gasteiger partial charge in [-0.05, 0) is 44.7 Å². The van der Waals surface area contributed by atoms with Gasteiger partial charge >= 0.3 is 0 Å². The van der Waals surface area contributed by atoms with Crippen molar-refractivity contribution in [3.63, 3.8) is 0 Å². The minimum atomic E-state index is -3.52. The molecule has 1 aromatic carbocycles. The number of benzene rings is 1. The van der Waals surface area contributed by atoms with E-state index in [0.29, 0.717) is 36.2 Å². The van der Waals surface area contributed by atoms with Crippen molar-refractivity contribution in [2.75, 3.05) is 13.1 Å². The standard InChI is InChI=1S/C16H23ClN2O3S.ClH/c1-10-7-13-8-14(9-15(17)16(13)22-10)23(20,21)19-5-3-12(4-6-19)11(2)18;/h8-12H,3-7,18H2,1-2H3;1H. The van der Waals surface area contributed by atoms with Gasteiger partial charge in [-0.2, -0.15) is 4.31 Å². The van der Waals surface area contributed by atoms with Gasteiger partial charge in [0.1, 0.15) is 11.9 Å². The van der Waals surface area contributed by atoms with Gasteiger partial charge in [-0.25, -0.2) is 8.42 Å². The molecule has 1 aromatic rings. The zero-order valence-corrected chi connectivity index (χ0v) is 16.3. The second-order valence-corrected chi connectivity index (χ2v) is 8.97. The molecule has 136 valence electrons. The van der Waals surface area contributed by atoms with Crippen LogP contribution in [-0.4, -0.2) is 38.0 Å². The van der Waals surface area contributed by atoms with E-state index < -0.39 is 10.0 Å². The highest BCUT2D eigenvalue weighted by Gasteiger charge is 2.32. The first kappa shape index (κ1) is 19.8. The molecule has 0 bridgehead atoms. The lowest BCUT2D eigenvalue weighted by Gasteiger charge is -2.33. The van der Waals surface area contributed by atoms with Crippen molar-refractivity contribution in [1.29, 1.82) is 0 Å². The number of halogens is 2. The Kier molecular flexibility index (Phi) is 6.08. The van der Waals surface area contributed by atoms with Gasteiger partial charge in [-0.15, -0.1) is 12.4 Å². The number of hydrogen-bond acceptors (Lipinski definition) is 4. The molecule has 0 saturated carbocycles. The Hall–Kier alpha value is -0.530. The lowest BCUT2D eigenvalue weighted by Crippen LogP contribution is -2.42. The number of rotatable bonds is 3. The second-order valence-electron chi connectivity index (χ2n) is 6.63. The summed E-state index contributed by atoms with van der Waals surface area (Å²) in [6, 6.07) is 3.32. The van der Waals surface area contributed by atoms with Crippen LogP contribution in [0.2, 0.25) is 5.02 Å². The molecule has 3 rings (SSSR count). The van der Waals surface area contributed by atoms with Crippen molar-refractivity contribution in [3.05, 3.63) is 22.7 Å². The normalized spacial score (nSPS) is 23.2. The van der Waals surface area contributed by atoms with E-state index in [9.17, 15) is 8.42 Å². The molecule has 2 aliphatic heterocycles. The van der Waals surface area contributed by atoms with E-state index in [0.717, 1.165) is 18.4 Å². The quantitative estimate of drug-likeness (QED) is 0.854. The number of hydrogen-bond donors (Lipinski definition) is 1. The number of nitrogens with zero attached hydrogens (tertiary/aromatic N) is 1. The predicted octanol–water partition coefficient (Wildman–Crippen LogP) is 2.83. The average Bonchev–Trinajstić information content (AvgIpc) is 2.88. The third-order valence-corrected chi connectivity index (χ3v) is 6.96. The van der Waals surface area contributed by atoms with Crippen LogP contribution >= 0.6 is 24.0 Å². The molecule has 2 unspecified atom stereocenters. The largest absolute Gasteiger partial charge is 0.489 e. The number of nitrogens with two attached hydrogens (primary N) is 1. The van der Waals surface area contributed by atoms with E-state index in [1.54, 1.807) is 10.4 Å². The lowest BCUT2D eigenvalue weighted by molar-refractivity contribution is 0.250. The highest BCUT2D eigenvalue weighted by Crippen LogP contribution is 2.39. The van der Waals surface area contributed by atoms with Gasteiger partial charge in [0.05, 0.1) is 9.92 Å². The number of fused-ring (bicyclic) bond motifs is 1. The van der Waals surface area contributed by atoms with Gasteiger partial charge in [-0.3, -0.25) is 0 Å². The van der Waals surface area contributed by atoms with Crippen molar-refractivity contribution in [3.8, 4) is 5.75 Å². The Bertz CT molecular complexity index is 702. The molecule has 0 aromatic heterocycles. The van der Waals surface area contributed by atoms with Gasteiger partial charge in [0.25, 0.3) is 0 Å². The summed E-state index contributed by atoms with van der Waals surface area (Å²) in [6.45, 7) is 4.95. The molecule has 1 saturated heterocycles. The zero-order valence-electron chi connectivity index (χ0n) is 13.9. The zero-order chi connectivity index (χ0) is 16.8. The van der Waals surface area contributed by atoms with E-state index in [-0.39, 0.29) is 29.4 Å². The van der Waals surface area contributed by atoms with E-state index in [1.165, 1.54) is 6.07 Å². The van der Waals surface area contributed by atoms with Crippen molar-refractivity contribution in [2.24, 2.45) is 11.7 Å². The van der Waals surface area contributed by atoms with Crippen LogP contribution in [0.3, 0.4) is 0 Å². The molecule has 1 fully saturated rings. The molecular weight excluding hydrogens is 371 g/mol. The van der Waals surface area contributed by atoms with E-state index in [2.05, 4.69) is 0 Å². The van der Waals surface area contributed by atoms with E-state index in [4.69, 9.17) is 22.1 Å². The van der Waals surface area contributed by atoms with Crippen LogP contribution in [0.1, 0.15) is 32.3 Å². The third-order valence-electron chi connectivity index (χ3n) is 4.80. The molecule has 2 aliphatic rings. The highest BCUT2D eigenvalue weighted by atomic mass is 35.5. The fourth-order valence-electron chi connectivity index (χ4n) is 3.40. The van der Waals surface area contributed by atoms with E-state index >= 15 is 0 Å². The SMILES string of the molecule is CC1Cc2cc(S(=O)(=O)N3CCC(C(C)N)CC3)cc(Cl)c2O1.Cl. The van der Waals surface area contributed by atoms with Gasteiger partial charge in [0.15, 0.2) is 0 Å². The molecule has 2 N–H and O–H groups in total. The Morgan fingerprint density at radius 1 is 1.33 bits per heavy atom. The molecule has 0 spiro atoms. The van der Waals surface area contributed by atoms with Gasteiger partial charge in [-0.1, -0.05) is 11.6 Å². The summed E-state index contributed by atoms with van der Waals surface area (Å²) in [6.07, 6.45) is 2.32. The summed E-state index contributed by atoms with van der Waals surface area (Å²) in [5.41, 5.74) is 6.80. The summed E-state index contributed by atoms with van der Waals surface area (Å²) >= 11 is 6.23. The van der Waals surface area contributed by atoms with Crippen LogP contribution in [0.25, 0.3) is 0 Å². The third kappa shape index (κ3) is 3.68. The molecule has 8 heteroatoms. The number of sulfonamides is 1. The van der Waals surface area contributed by atoms with Crippen molar-refractivity contribution in [1.82, 2.24) is 4.31 Å². The second kappa shape index (κ2) is 7.38. The summed E-state index contributed by atoms with van der Waals surface area (Å²) < 4.78 is 33.0. The molecule has 2 atom stereocenters. The van der Waals surface area contributed by atoms with Gasteiger partial charge in [0.2, 0.25) is 10.0 Å². The fourth-order valence-corrected chi connectivity index (χ4v) is 5.29. The van der Waals surface area contributed by atoms with Crippen molar-refractivity contribution >= 4 is 34.0 Å². The minimum Gasteiger partial charge on any atom is -0.489 e. The van der Waals surface area contributed by atoms with Crippen LogP contribution in [0.15, 0.2) is 17.0 Å². The van der Waals surface area contributed by atoms with Gasteiger partial charge < -0.3 is 10.5 Å². The molecule has 24 heavy (non-hydrogen) atoms. The number of ether oxygens (including phenoxy) is 1. The molecule has 0 radical (unpaired) electrons. The van der Waals surface area contributed by atoms with Crippen LogP contribution in [0.5, 0.6) is 5.75 Å². The monoisotopic (exact) mass is 394 g/mol. The Morgan fingerprint density at radius 3 is 2.54 bits per heavy atom. The molecule has 0 aliphatic carbocycles. The Labute approximate surface area is 154 Å². The fraction of sp³-hybridized carbons (Fsp3) is 0.625. The maximum Gasteiger partial charge on any atom is 0.243 e. The summed E-state index contributed by atoms with van der Waals surface area (Å²) in [5, 5.41) is 0.371. The molecule has 2 heterocycles. The Balaban J connectivity index is 0.00000208. The summed E-state index contributed by atoms with van der Waals surface area (Å²) in [4.78, 5) is 0.262. The predicted molar refractivity (Wildman–Crippen MR) is 97.6 cm³/mol. The first-order valence-electron chi connectivity index (χ1n) is 8.04. The first-order chi connectivity index (χ1) is 10.8. The van der Waals surface area contributed by atoms with Crippen LogP contribution in [0.4, 0.5) is 0 Å². The first-order valence-corrected chi connectivity index (χ1v) is 9.85. The van der Waals surface area contributed by atoms with Crippen molar-refractivity contribution < 1.29 is 13.2 Å². The highest BCUT2D eigenvalue weighted by molar-refractivity contribution is 7.89. The molecule has 5 nitrogen and oxygen atoms in total. The maximum absolute atomic E-state index is 12.9. The summed E-state index contributed by atoms with van der Waals surface area (Å²) in [5.74, 6) is 1.01.